The molecule has 6 heteroatoms. The highest BCUT2D eigenvalue weighted by Crippen LogP contribution is 2.40. The Morgan fingerprint density at radius 3 is 2.12 bits per heavy atom. The van der Waals surface area contributed by atoms with Crippen molar-refractivity contribution in [2.24, 2.45) is 11.8 Å². The third-order valence-electron chi connectivity index (χ3n) is 6.51. The molecule has 0 radical (unpaired) electrons. The summed E-state index contributed by atoms with van der Waals surface area (Å²) >= 11 is 0. The molecule has 0 aliphatic carbocycles. The summed E-state index contributed by atoms with van der Waals surface area (Å²) in [7, 11) is 3.14. The molecule has 2 aromatic rings. The number of likely N-dealkylation sites (tertiary alicyclic amines) is 1. The summed E-state index contributed by atoms with van der Waals surface area (Å²) in [4.78, 5) is 31.2. The Kier molecular flexibility index (Phi) is 6.19. The quantitative estimate of drug-likeness (QED) is 0.627. The number of carbonyl (C=O) groups is 2. The first-order valence-corrected chi connectivity index (χ1v) is 11.4. The Labute approximate surface area is 195 Å². The smallest absolute Gasteiger partial charge is 0.282 e. The summed E-state index contributed by atoms with van der Waals surface area (Å²) < 4.78 is 10.9. The summed E-state index contributed by atoms with van der Waals surface area (Å²) in [6.07, 6.45) is 1.11. The molecule has 174 valence electrons. The van der Waals surface area contributed by atoms with Gasteiger partial charge in [0.2, 0.25) is 0 Å². The van der Waals surface area contributed by atoms with Gasteiger partial charge in [-0.05, 0) is 61.4 Å². The van der Waals surface area contributed by atoms with Gasteiger partial charge in [0, 0.05) is 13.1 Å². The Hall–Kier alpha value is -3.28. The number of carbonyl (C=O) groups excluding carboxylic acids is 2. The second-order valence-corrected chi connectivity index (χ2v) is 9.38. The third-order valence-corrected chi connectivity index (χ3v) is 6.51. The summed E-state index contributed by atoms with van der Waals surface area (Å²) in [6.45, 7) is 9.82. The molecule has 0 saturated carbocycles. The summed E-state index contributed by atoms with van der Waals surface area (Å²) in [5.41, 5.74) is 4.15. The minimum Gasteiger partial charge on any atom is -0.493 e. The largest absolute Gasteiger partial charge is 0.493 e. The number of benzene rings is 2. The van der Waals surface area contributed by atoms with Gasteiger partial charge in [-0.1, -0.05) is 37.6 Å². The molecule has 2 atom stereocenters. The fourth-order valence-electron chi connectivity index (χ4n) is 5.18. The molecular weight excluding hydrogens is 416 g/mol. The monoisotopic (exact) mass is 448 g/mol. The Balaban J connectivity index is 1.88. The highest BCUT2D eigenvalue weighted by atomic mass is 16.5. The molecule has 0 spiro atoms. The number of rotatable bonds is 5. The highest BCUT2D eigenvalue weighted by molar-refractivity contribution is 6.45. The van der Waals surface area contributed by atoms with Crippen molar-refractivity contribution in [2.45, 2.75) is 34.1 Å². The van der Waals surface area contributed by atoms with E-state index in [0.717, 1.165) is 30.6 Å². The van der Waals surface area contributed by atoms with Crippen molar-refractivity contribution in [3.05, 3.63) is 58.8 Å². The van der Waals surface area contributed by atoms with E-state index in [4.69, 9.17) is 9.47 Å². The molecule has 2 amide bonds. The summed E-state index contributed by atoms with van der Waals surface area (Å²) in [5.74, 6) is 1.40. The zero-order valence-electron chi connectivity index (χ0n) is 20.3. The van der Waals surface area contributed by atoms with Crippen molar-refractivity contribution in [3.63, 3.8) is 0 Å². The predicted octanol–water partition coefficient (Wildman–Crippen LogP) is 4.58. The van der Waals surface area contributed by atoms with Crippen molar-refractivity contribution in [2.75, 3.05) is 32.2 Å². The number of imide groups is 1. The number of hydrogen-bond donors (Lipinski definition) is 0. The second-order valence-electron chi connectivity index (χ2n) is 9.38. The zero-order chi connectivity index (χ0) is 23.9. The van der Waals surface area contributed by atoms with Crippen molar-refractivity contribution in [1.29, 1.82) is 0 Å². The molecule has 2 heterocycles. The Morgan fingerprint density at radius 2 is 1.52 bits per heavy atom. The molecule has 0 N–H and O–H groups in total. The number of ether oxygens (including phenoxy) is 2. The molecule has 0 aromatic heterocycles. The summed E-state index contributed by atoms with van der Waals surface area (Å²) in [6, 6.07) is 11.2. The third kappa shape index (κ3) is 4.10. The van der Waals surface area contributed by atoms with Gasteiger partial charge in [0.1, 0.15) is 5.70 Å². The molecule has 2 unspecified atom stereocenters. The first-order chi connectivity index (χ1) is 15.7. The predicted molar refractivity (Wildman–Crippen MR) is 129 cm³/mol. The van der Waals surface area contributed by atoms with E-state index in [1.54, 1.807) is 26.4 Å². The van der Waals surface area contributed by atoms with Gasteiger partial charge in [0.05, 0.1) is 25.5 Å². The van der Waals surface area contributed by atoms with Crippen LogP contribution in [0.5, 0.6) is 11.5 Å². The standard InChI is InChI=1S/C27H32N2O4/c1-16-7-9-21(19(4)12-16)29-26(30)24(20-8-10-22(32-5)23(13-20)33-6)25(27(29)31)28-14-17(2)11-18(3)15-28/h7-10,12-13,17-18H,11,14-15H2,1-6H3. The number of methoxy groups -OCH3 is 2. The molecule has 0 bridgehead atoms. The van der Waals surface area contributed by atoms with Gasteiger partial charge in [0.25, 0.3) is 11.8 Å². The first-order valence-electron chi connectivity index (χ1n) is 11.4. The number of hydrogen-bond acceptors (Lipinski definition) is 5. The van der Waals surface area contributed by atoms with Crippen LogP contribution in [0.15, 0.2) is 42.1 Å². The van der Waals surface area contributed by atoms with Gasteiger partial charge in [0.15, 0.2) is 11.5 Å². The van der Waals surface area contributed by atoms with E-state index >= 15 is 0 Å². The lowest BCUT2D eigenvalue weighted by Crippen LogP contribution is -2.42. The molecule has 2 aromatic carbocycles. The maximum Gasteiger partial charge on any atom is 0.282 e. The SMILES string of the molecule is COc1ccc(C2=C(N3CC(C)CC(C)C3)C(=O)N(c3ccc(C)cc3C)C2=O)cc1OC. The van der Waals surface area contributed by atoms with E-state index in [1.807, 2.05) is 38.1 Å². The Morgan fingerprint density at radius 1 is 0.848 bits per heavy atom. The minimum atomic E-state index is -0.306. The van der Waals surface area contributed by atoms with Crippen LogP contribution in [0.4, 0.5) is 5.69 Å². The number of piperidine rings is 1. The van der Waals surface area contributed by atoms with Crippen LogP contribution < -0.4 is 14.4 Å². The van der Waals surface area contributed by atoms with E-state index in [2.05, 4.69) is 18.7 Å². The first kappa shape index (κ1) is 22.9. The van der Waals surface area contributed by atoms with Crippen LogP contribution in [0.1, 0.15) is 37.0 Å². The minimum absolute atomic E-state index is 0.266. The molecule has 1 fully saturated rings. The number of nitrogens with zero attached hydrogens (tertiary/aromatic N) is 2. The van der Waals surface area contributed by atoms with Crippen LogP contribution >= 0.6 is 0 Å². The molecule has 1 saturated heterocycles. The van der Waals surface area contributed by atoms with Crippen LogP contribution in [0.2, 0.25) is 0 Å². The average molecular weight is 449 g/mol. The van der Waals surface area contributed by atoms with E-state index in [1.165, 1.54) is 4.90 Å². The molecule has 2 aliphatic heterocycles. The van der Waals surface area contributed by atoms with Gasteiger partial charge in [-0.15, -0.1) is 0 Å². The Bertz CT molecular complexity index is 1130. The van der Waals surface area contributed by atoms with Crippen molar-refractivity contribution >= 4 is 23.1 Å². The molecule has 33 heavy (non-hydrogen) atoms. The van der Waals surface area contributed by atoms with E-state index in [-0.39, 0.29) is 11.8 Å². The fourth-order valence-corrected chi connectivity index (χ4v) is 5.18. The lowest BCUT2D eigenvalue weighted by atomic mass is 9.91. The number of anilines is 1. The zero-order valence-corrected chi connectivity index (χ0v) is 20.3. The maximum absolute atomic E-state index is 13.9. The van der Waals surface area contributed by atoms with Crippen LogP contribution in [0.3, 0.4) is 0 Å². The molecule has 4 rings (SSSR count). The van der Waals surface area contributed by atoms with Gasteiger partial charge in [-0.25, -0.2) is 4.90 Å². The molecule has 6 nitrogen and oxygen atoms in total. The van der Waals surface area contributed by atoms with E-state index in [9.17, 15) is 9.59 Å². The highest BCUT2D eigenvalue weighted by Gasteiger charge is 2.44. The van der Waals surface area contributed by atoms with Crippen LogP contribution in [-0.2, 0) is 9.59 Å². The molecule has 2 aliphatic rings. The van der Waals surface area contributed by atoms with Crippen LogP contribution in [-0.4, -0.2) is 44.0 Å². The van der Waals surface area contributed by atoms with Gasteiger partial charge in [-0.3, -0.25) is 9.59 Å². The fraction of sp³-hybridized carbons (Fsp3) is 0.407. The molecular formula is C27H32N2O4. The number of amides is 2. The average Bonchev–Trinajstić information content (AvgIpc) is 3.03. The van der Waals surface area contributed by atoms with Gasteiger partial charge < -0.3 is 14.4 Å². The normalized spacial score (nSPS) is 21.2. The lowest BCUT2D eigenvalue weighted by molar-refractivity contribution is -0.120. The maximum atomic E-state index is 13.9. The topological polar surface area (TPSA) is 59.1 Å². The van der Waals surface area contributed by atoms with Crippen molar-refractivity contribution in [3.8, 4) is 11.5 Å². The summed E-state index contributed by atoms with van der Waals surface area (Å²) in [5, 5.41) is 0. The van der Waals surface area contributed by atoms with Crippen molar-refractivity contribution in [1.82, 2.24) is 4.90 Å². The van der Waals surface area contributed by atoms with Crippen LogP contribution in [0.25, 0.3) is 5.57 Å². The van der Waals surface area contributed by atoms with E-state index < -0.39 is 0 Å². The van der Waals surface area contributed by atoms with E-state index in [0.29, 0.717) is 45.9 Å². The van der Waals surface area contributed by atoms with Crippen molar-refractivity contribution < 1.29 is 19.1 Å². The van der Waals surface area contributed by atoms with Gasteiger partial charge >= 0.3 is 0 Å². The lowest BCUT2D eigenvalue weighted by Gasteiger charge is -2.37. The van der Waals surface area contributed by atoms with Gasteiger partial charge in [-0.2, -0.15) is 0 Å². The van der Waals surface area contributed by atoms with Crippen LogP contribution in [0, 0.1) is 25.7 Å². The number of aryl methyl sites for hydroxylation is 2. The second kappa shape index (κ2) is 8.93.